The first-order valence-corrected chi connectivity index (χ1v) is 9.10. The maximum atomic E-state index is 12.4. The molecule has 2 aromatic rings. The van der Waals surface area contributed by atoms with E-state index in [4.69, 9.17) is 19.9 Å². The van der Waals surface area contributed by atoms with Crippen molar-refractivity contribution in [2.75, 3.05) is 32.8 Å². The molecule has 0 saturated heterocycles. The third kappa shape index (κ3) is 6.46. The first kappa shape index (κ1) is 20.5. The van der Waals surface area contributed by atoms with Gasteiger partial charge in [-0.2, -0.15) is 0 Å². The van der Waals surface area contributed by atoms with Crippen LogP contribution in [0.25, 0.3) is 0 Å². The number of rotatable bonds is 10. The lowest BCUT2D eigenvalue weighted by atomic mass is 10.1. The van der Waals surface area contributed by atoms with Crippen LogP contribution in [0.4, 0.5) is 10.5 Å². The second-order valence-corrected chi connectivity index (χ2v) is 6.52. The van der Waals surface area contributed by atoms with Crippen molar-refractivity contribution >= 4 is 29.0 Å². The van der Waals surface area contributed by atoms with Crippen LogP contribution in [0.2, 0.25) is 0 Å². The average Bonchev–Trinajstić information content (AvgIpc) is 3.16. The summed E-state index contributed by atoms with van der Waals surface area (Å²) >= 11 is 1.44. The van der Waals surface area contributed by atoms with E-state index < -0.39 is 12.1 Å². The summed E-state index contributed by atoms with van der Waals surface area (Å²) in [6, 6.07) is 7.61. The Hall–Kier alpha value is -2.78. The minimum Gasteiger partial charge on any atom is -0.493 e. The Morgan fingerprint density at radius 3 is 2.63 bits per heavy atom. The maximum absolute atomic E-state index is 12.4. The lowest BCUT2D eigenvalue weighted by Crippen LogP contribution is -2.34. The topological polar surface area (TPSA) is 112 Å². The van der Waals surface area contributed by atoms with Crippen LogP contribution in [0.5, 0.6) is 11.5 Å². The highest BCUT2D eigenvalue weighted by atomic mass is 32.1. The second-order valence-electron chi connectivity index (χ2n) is 5.54. The third-order valence-corrected chi connectivity index (χ3v) is 4.57. The number of nitrogens with one attached hydrogen (secondary N) is 2. The number of benzene rings is 1. The molecular formula is C18H23N3O5S. The van der Waals surface area contributed by atoms with Gasteiger partial charge in [-0.25, -0.2) is 4.79 Å². The summed E-state index contributed by atoms with van der Waals surface area (Å²) in [6.07, 6.45) is 0.0509. The van der Waals surface area contributed by atoms with E-state index in [-0.39, 0.29) is 12.3 Å². The third-order valence-electron chi connectivity index (χ3n) is 3.59. The van der Waals surface area contributed by atoms with Gasteiger partial charge in [-0.3, -0.25) is 4.79 Å². The number of hydrogen-bond acceptors (Lipinski definition) is 6. The van der Waals surface area contributed by atoms with Crippen LogP contribution in [-0.4, -0.2) is 39.4 Å². The molecule has 3 amide bonds. The first-order valence-electron chi connectivity index (χ1n) is 8.22. The molecule has 9 heteroatoms. The Labute approximate surface area is 161 Å². The normalized spacial score (nSPS) is 11.5. The number of urea groups is 1. The Bertz CT molecular complexity index is 751. The molecule has 0 spiro atoms. The Morgan fingerprint density at radius 1 is 1.19 bits per heavy atom. The highest BCUT2D eigenvalue weighted by Gasteiger charge is 2.19. The molecule has 27 heavy (non-hydrogen) atoms. The van der Waals surface area contributed by atoms with E-state index in [1.165, 1.54) is 18.4 Å². The van der Waals surface area contributed by atoms with Crippen molar-refractivity contribution in [3.05, 3.63) is 40.6 Å². The van der Waals surface area contributed by atoms with E-state index in [0.29, 0.717) is 30.4 Å². The number of anilines is 1. The van der Waals surface area contributed by atoms with Crippen molar-refractivity contribution in [3.8, 4) is 11.5 Å². The van der Waals surface area contributed by atoms with Gasteiger partial charge in [0.05, 0.1) is 26.2 Å². The summed E-state index contributed by atoms with van der Waals surface area (Å²) in [6.45, 7) is 0.786. The molecule has 0 aliphatic carbocycles. The van der Waals surface area contributed by atoms with Gasteiger partial charge in [-0.15, -0.1) is 11.3 Å². The summed E-state index contributed by atoms with van der Waals surface area (Å²) in [5.41, 5.74) is 5.77. The summed E-state index contributed by atoms with van der Waals surface area (Å²) < 4.78 is 15.8. The summed E-state index contributed by atoms with van der Waals surface area (Å²) in [4.78, 5) is 24.5. The molecule has 0 bridgehead atoms. The van der Waals surface area contributed by atoms with Gasteiger partial charge in [0, 0.05) is 23.7 Å². The molecule has 0 saturated carbocycles. The SMILES string of the molecule is COCCOc1cc(NC(=O)CC(NC(N)=O)c2cccs2)ccc1OC. The Morgan fingerprint density at radius 2 is 2.00 bits per heavy atom. The number of amides is 3. The van der Waals surface area contributed by atoms with Crippen LogP contribution in [0.3, 0.4) is 0 Å². The Kier molecular flexibility index (Phi) is 7.90. The largest absolute Gasteiger partial charge is 0.493 e. The quantitative estimate of drug-likeness (QED) is 0.537. The fraction of sp³-hybridized carbons (Fsp3) is 0.333. The second kappa shape index (κ2) is 10.4. The van der Waals surface area contributed by atoms with Gasteiger partial charge >= 0.3 is 6.03 Å². The molecule has 4 N–H and O–H groups in total. The minimum atomic E-state index is -0.681. The predicted octanol–water partition coefficient (Wildman–Crippen LogP) is 2.52. The maximum Gasteiger partial charge on any atom is 0.312 e. The van der Waals surface area contributed by atoms with Gasteiger partial charge in [-0.05, 0) is 23.6 Å². The molecule has 0 aliphatic heterocycles. The predicted molar refractivity (Wildman–Crippen MR) is 103 cm³/mol. The van der Waals surface area contributed by atoms with Crippen molar-refractivity contribution in [1.82, 2.24) is 5.32 Å². The molecule has 146 valence electrons. The lowest BCUT2D eigenvalue weighted by molar-refractivity contribution is -0.116. The number of hydrogen-bond donors (Lipinski definition) is 3. The van der Waals surface area contributed by atoms with E-state index in [1.807, 2.05) is 17.5 Å². The van der Waals surface area contributed by atoms with Gasteiger partial charge in [0.2, 0.25) is 5.91 Å². The summed E-state index contributed by atoms with van der Waals surface area (Å²) in [5.74, 6) is 0.781. The van der Waals surface area contributed by atoms with E-state index in [2.05, 4.69) is 10.6 Å². The number of thiophene rings is 1. The van der Waals surface area contributed by atoms with Crippen molar-refractivity contribution in [1.29, 1.82) is 0 Å². The molecule has 0 fully saturated rings. The van der Waals surface area contributed by atoms with Crippen molar-refractivity contribution in [2.24, 2.45) is 5.73 Å². The number of primary amides is 1. The van der Waals surface area contributed by atoms with Crippen LogP contribution in [0.1, 0.15) is 17.3 Å². The molecule has 8 nitrogen and oxygen atoms in total. The van der Waals surface area contributed by atoms with Gasteiger partial charge < -0.3 is 30.6 Å². The standard InChI is InChI=1S/C18H23N3O5S/c1-24-7-8-26-15-10-12(5-6-14(15)25-2)20-17(22)11-13(21-18(19)23)16-4-3-9-27-16/h3-6,9-10,13H,7-8,11H2,1-2H3,(H,20,22)(H3,19,21,23). The van der Waals surface area contributed by atoms with Gasteiger partial charge in [0.25, 0.3) is 0 Å². The highest BCUT2D eigenvalue weighted by molar-refractivity contribution is 7.10. The van der Waals surface area contributed by atoms with E-state index in [9.17, 15) is 9.59 Å². The van der Waals surface area contributed by atoms with Crippen molar-refractivity contribution < 1.29 is 23.8 Å². The van der Waals surface area contributed by atoms with Crippen LogP contribution in [-0.2, 0) is 9.53 Å². The molecule has 0 radical (unpaired) electrons. The number of methoxy groups -OCH3 is 2. The zero-order chi connectivity index (χ0) is 19.6. The van der Waals surface area contributed by atoms with Crippen LogP contribution >= 0.6 is 11.3 Å². The minimum absolute atomic E-state index is 0.0509. The van der Waals surface area contributed by atoms with Crippen molar-refractivity contribution in [2.45, 2.75) is 12.5 Å². The smallest absolute Gasteiger partial charge is 0.312 e. The average molecular weight is 393 g/mol. The summed E-state index contributed by atoms with van der Waals surface area (Å²) in [5, 5.41) is 7.26. The Balaban J connectivity index is 2.05. The van der Waals surface area contributed by atoms with E-state index in [0.717, 1.165) is 4.88 Å². The first-order chi connectivity index (χ1) is 13.0. The molecule has 1 aromatic heterocycles. The summed E-state index contributed by atoms with van der Waals surface area (Å²) in [7, 11) is 3.12. The molecule has 0 aliphatic rings. The monoisotopic (exact) mass is 393 g/mol. The number of carbonyl (C=O) groups is 2. The molecule has 1 aromatic carbocycles. The van der Waals surface area contributed by atoms with Gasteiger partial charge in [0.1, 0.15) is 6.61 Å². The molecular weight excluding hydrogens is 370 g/mol. The van der Waals surface area contributed by atoms with Crippen molar-refractivity contribution in [3.63, 3.8) is 0 Å². The van der Waals surface area contributed by atoms with Crippen LogP contribution in [0.15, 0.2) is 35.7 Å². The molecule has 1 atom stereocenters. The number of carbonyl (C=O) groups excluding carboxylic acids is 2. The fourth-order valence-corrected chi connectivity index (χ4v) is 3.16. The molecule has 2 rings (SSSR count). The zero-order valence-electron chi connectivity index (χ0n) is 15.2. The van der Waals surface area contributed by atoms with E-state index in [1.54, 1.807) is 25.3 Å². The highest BCUT2D eigenvalue weighted by Crippen LogP contribution is 2.30. The molecule has 1 heterocycles. The van der Waals surface area contributed by atoms with E-state index >= 15 is 0 Å². The number of nitrogens with two attached hydrogens (primary N) is 1. The van der Waals surface area contributed by atoms with Crippen LogP contribution in [0, 0.1) is 0 Å². The number of ether oxygens (including phenoxy) is 3. The van der Waals surface area contributed by atoms with Crippen LogP contribution < -0.4 is 25.8 Å². The van der Waals surface area contributed by atoms with Gasteiger partial charge in [0.15, 0.2) is 11.5 Å². The zero-order valence-corrected chi connectivity index (χ0v) is 16.0. The lowest BCUT2D eigenvalue weighted by Gasteiger charge is -2.16. The fourth-order valence-electron chi connectivity index (χ4n) is 2.38. The molecule has 1 unspecified atom stereocenters. The van der Waals surface area contributed by atoms with Gasteiger partial charge in [-0.1, -0.05) is 6.07 Å².